The molecule has 0 heterocycles. The SMILES string of the molecule is COc1ccc(C(C)c2ccc(OC(=O)c3ccc(Oc4ccc(C(=O)OCCCCOC(=O)OCCCCOC(=O)c5ccc(Oc6ccc(C(C)=O)cc6)cc5)cc4)cc3)c(C)c2)cc1C. The van der Waals surface area contributed by atoms with Crippen LogP contribution in [-0.4, -0.2) is 63.4 Å². The number of carbonyl (C=O) groups is 5. The highest BCUT2D eigenvalue weighted by Gasteiger charge is 2.16. The van der Waals surface area contributed by atoms with Crippen LogP contribution in [0.15, 0.2) is 133 Å². The molecule has 0 radical (unpaired) electrons. The topological polar surface area (TPSA) is 159 Å². The van der Waals surface area contributed by atoms with Crippen LogP contribution in [0.5, 0.6) is 34.5 Å². The number of carbonyl (C=O) groups excluding carboxylic acids is 5. The van der Waals surface area contributed by atoms with Crippen LogP contribution in [0.3, 0.4) is 0 Å². The highest BCUT2D eigenvalue weighted by molar-refractivity contribution is 5.94. The van der Waals surface area contributed by atoms with E-state index >= 15 is 0 Å². The fraction of sp³-hybridized carbons (Fsp3) is 0.255. The monoisotopic (exact) mass is 922 g/mol. The van der Waals surface area contributed by atoms with Gasteiger partial charge in [0.1, 0.15) is 34.5 Å². The lowest BCUT2D eigenvalue weighted by Gasteiger charge is -2.16. The maximum Gasteiger partial charge on any atom is 0.508 e. The molecule has 0 bridgehead atoms. The number of rotatable bonds is 22. The fourth-order valence-electron chi connectivity index (χ4n) is 6.84. The lowest BCUT2D eigenvalue weighted by Crippen LogP contribution is -2.12. The maximum atomic E-state index is 13.0. The number of unbranched alkanes of at least 4 members (excludes halogenated alkanes) is 2. The van der Waals surface area contributed by atoms with Gasteiger partial charge in [0.25, 0.3) is 0 Å². The Morgan fingerprint density at radius 2 is 0.794 bits per heavy atom. The Balaban J connectivity index is 0.802. The normalized spacial score (nSPS) is 11.1. The molecule has 0 spiro atoms. The van der Waals surface area contributed by atoms with Crippen molar-refractivity contribution >= 4 is 29.8 Å². The highest BCUT2D eigenvalue weighted by Crippen LogP contribution is 2.32. The van der Waals surface area contributed by atoms with Crippen LogP contribution in [0.25, 0.3) is 0 Å². The number of hydrogen-bond acceptors (Lipinski definition) is 13. The summed E-state index contributed by atoms with van der Waals surface area (Å²) in [6.45, 7) is 8.05. The fourth-order valence-corrected chi connectivity index (χ4v) is 6.84. The molecular weight excluding hydrogens is 869 g/mol. The van der Waals surface area contributed by atoms with Crippen LogP contribution in [-0.2, 0) is 18.9 Å². The summed E-state index contributed by atoms with van der Waals surface area (Å²) in [5, 5.41) is 0. The van der Waals surface area contributed by atoms with Crippen LogP contribution in [0.1, 0.15) is 109 Å². The Kier molecular flexibility index (Phi) is 17.9. The number of Topliss-reactive ketones (excluding diaryl/α,β-unsaturated/α-hetero) is 1. The van der Waals surface area contributed by atoms with E-state index in [9.17, 15) is 24.0 Å². The second kappa shape index (κ2) is 24.6. The van der Waals surface area contributed by atoms with Crippen LogP contribution in [0, 0.1) is 13.8 Å². The summed E-state index contributed by atoms with van der Waals surface area (Å²) in [7, 11) is 1.66. The highest BCUT2D eigenvalue weighted by atomic mass is 16.7. The van der Waals surface area contributed by atoms with E-state index in [4.69, 9.17) is 37.9 Å². The van der Waals surface area contributed by atoms with Crippen LogP contribution in [0.4, 0.5) is 4.79 Å². The second-order valence-corrected chi connectivity index (χ2v) is 15.9. The van der Waals surface area contributed by atoms with E-state index in [-0.39, 0.29) is 38.1 Å². The van der Waals surface area contributed by atoms with E-state index < -0.39 is 24.1 Å². The minimum Gasteiger partial charge on any atom is -0.496 e. The summed E-state index contributed by atoms with van der Waals surface area (Å²) in [4.78, 5) is 61.4. The second-order valence-electron chi connectivity index (χ2n) is 15.9. The predicted octanol–water partition coefficient (Wildman–Crippen LogP) is 12.2. The number of esters is 3. The van der Waals surface area contributed by atoms with Crippen molar-refractivity contribution in [1.82, 2.24) is 0 Å². The number of hydrogen-bond donors (Lipinski definition) is 0. The smallest absolute Gasteiger partial charge is 0.496 e. The summed E-state index contributed by atoms with van der Waals surface area (Å²) in [5.41, 5.74) is 5.84. The standard InChI is InChI=1S/C55H54O13/c1-36-34-44(18-28-50(36)61-5)38(3)45-19-29-51(37(2)35-45)68-54(59)43-16-26-49(27-17-43)67-48-24-14-42(15-25-48)53(58)63-31-7-9-33-65-55(60)64-32-8-6-30-62-52(57)41-12-22-47(23-13-41)66-46-20-10-40(11-21-46)39(4)56/h10-29,34-35,38H,6-9,30-33H2,1-5H3. The third-order valence-electron chi connectivity index (χ3n) is 10.8. The molecule has 0 aliphatic carbocycles. The number of benzene rings is 6. The summed E-state index contributed by atoms with van der Waals surface area (Å²) in [6.07, 6.45) is 1.07. The minimum absolute atomic E-state index is 0.0309. The lowest BCUT2D eigenvalue weighted by atomic mass is 9.91. The van der Waals surface area contributed by atoms with E-state index in [1.807, 2.05) is 38.1 Å². The molecule has 0 aromatic heterocycles. The first-order chi connectivity index (χ1) is 32.9. The molecule has 0 amide bonds. The van der Waals surface area contributed by atoms with E-state index in [0.717, 1.165) is 22.4 Å². The lowest BCUT2D eigenvalue weighted by molar-refractivity contribution is 0.0403. The predicted molar refractivity (Wildman–Crippen MR) is 254 cm³/mol. The summed E-state index contributed by atoms with van der Waals surface area (Å²) < 4.78 is 43.6. The van der Waals surface area contributed by atoms with Crippen LogP contribution in [0.2, 0.25) is 0 Å². The van der Waals surface area contributed by atoms with Gasteiger partial charge in [0, 0.05) is 11.5 Å². The molecule has 68 heavy (non-hydrogen) atoms. The van der Waals surface area contributed by atoms with E-state index in [2.05, 4.69) is 19.1 Å². The quantitative estimate of drug-likeness (QED) is 0.0208. The van der Waals surface area contributed by atoms with Gasteiger partial charge in [0.2, 0.25) is 0 Å². The van der Waals surface area contributed by atoms with Gasteiger partial charge in [-0.3, -0.25) is 4.79 Å². The van der Waals surface area contributed by atoms with Crippen molar-refractivity contribution in [2.75, 3.05) is 33.5 Å². The molecule has 13 nitrogen and oxygen atoms in total. The first kappa shape index (κ1) is 49.5. The van der Waals surface area contributed by atoms with Gasteiger partial charge < -0.3 is 37.9 Å². The van der Waals surface area contributed by atoms with Gasteiger partial charge in [-0.1, -0.05) is 31.2 Å². The number of methoxy groups -OCH3 is 1. The van der Waals surface area contributed by atoms with Gasteiger partial charge in [-0.2, -0.15) is 0 Å². The van der Waals surface area contributed by atoms with E-state index in [0.29, 0.717) is 76.7 Å². The van der Waals surface area contributed by atoms with Crippen molar-refractivity contribution in [3.05, 3.63) is 178 Å². The van der Waals surface area contributed by atoms with Crippen molar-refractivity contribution in [2.45, 2.75) is 59.3 Å². The number of ether oxygens (including phenoxy) is 8. The molecule has 0 saturated heterocycles. The molecule has 352 valence electrons. The van der Waals surface area contributed by atoms with Gasteiger partial charge in [-0.25, -0.2) is 19.2 Å². The first-order valence-electron chi connectivity index (χ1n) is 22.2. The molecule has 6 rings (SSSR count). The van der Waals surface area contributed by atoms with Crippen molar-refractivity contribution < 1.29 is 61.9 Å². The minimum atomic E-state index is -0.809. The average Bonchev–Trinajstić information content (AvgIpc) is 3.34. The molecule has 0 fully saturated rings. The number of aryl methyl sites for hydroxylation is 2. The zero-order valence-electron chi connectivity index (χ0n) is 38.7. The van der Waals surface area contributed by atoms with Gasteiger partial charge in [-0.15, -0.1) is 0 Å². The molecule has 0 aliphatic rings. The Morgan fingerprint density at radius 3 is 1.16 bits per heavy atom. The molecule has 0 N–H and O–H groups in total. The zero-order chi connectivity index (χ0) is 48.4. The Labute approximate surface area is 395 Å². The molecule has 6 aromatic rings. The van der Waals surface area contributed by atoms with Crippen LogP contribution < -0.4 is 18.9 Å². The van der Waals surface area contributed by atoms with Crippen molar-refractivity contribution in [3.8, 4) is 34.5 Å². The largest absolute Gasteiger partial charge is 0.508 e. The first-order valence-corrected chi connectivity index (χ1v) is 22.2. The molecule has 13 heteroatoms. The third-order valence-corrected chi connectivity index (χ3v) is 10.8. The Bertz CT molecular complexity index is 2650. The van der Waals surface area contributed by atoms with Crippen molar-refractivity contribution in [2.24, 2.45) is 0 Å². The van der Waals surface area contributed by atoms with Crippen molar-refractivity contribution in [3.63, 3.8) is 0 Å². The molecule has 0 saturated carbocycles. The molecule has 0 aliphatic heterocycles. The van der Waals surface area contributed by atoms with E-state index in [1.54, 1.807) is 104 Å². The molecule has 1 unspecified atom stereocenters. The van der Waals surface area contributed by atoms with E-state index in [1.165, 1.54) is 12.5 Å². The maximum absolute atomic E-state index is 13.0. The third kappa shape index (κ3) is 14.5. The van der Waals surface area contributed by atoms with Crippen LogP contribution >= 0.6 is 0 Å². The molecule has 6 aromatic carbocycles. The van der Waals surface area contributed by atoms with Gasteiger partial charge in [0.05, 0.1) is 50.2 Å². The Hall–Kier alpha value is -7.93. The Morgan fingerprint density at radius 1 is 0.441 bits per heavy atom. The molecule has 1 atom stereocenters. The van der Waals surface area contributed by atoms with Gasteiger partial charge in [0.15, 0.2) is 5.78 Å². The number of ketones is 1. The molecular formula is C55H54O13. The summed E-state index contributed by atoms with van der Waals surface area (Å²) in [6, 6.07) is 38.3. The van der Waals surface area contributed by atoms with Gasteiger partial charge in [-0.05, 0) is 178 Å². The van der Waals surface area contributed by atoms with Gasteiger partial charge >= 0.3 is 24.1 Å². The average molecular weight is 923 g/mol. The zero-order valence-corrected chi connectivity index (χ0v) is 38.7. The summed E-state index contributed by atoms with van der Waals surface area (Å²) in [5.74, 6) is 2.03. The summed E-state index contributed by atoms with van der Waals surface area (Å²) >= 11 is 0. The van der Waals surface area contributed by atoms with Crippen molar-refractivity contribution in [1.29, 1.82) is 0 Å².